The Kier molecular flexibility index (Phi) is 17.1. The molecule has 0 radical (unpaired) electrons. The van der Waals surface area contributed by atoms with E-state index in [0.29, 0.717) is 64.1 Å². The largest absolute Gasteiger partial charge is 0.378 e. The molecule has 6 atom stereocenters. The molecule has 11 nitrogen and oxygen atoms in total. The number of carbonyl (C=O) groups is 3. The summed E-state index contributed by atoms with van der Waals surface area (Å²) in [7, 11) is 0. The van der Waals surface area contributed by atoms with Gasteiger partial charge < -0.3 is 29.4 Å². The summed E-state index contributed by atoms with van der Waals surface area (Å²) in [6.07, 6.45) is 14.4. The van der Waals surface area contributed by atoms with Crippen molar-refractivity contribution < 1.29 is 23.9 Å². The molecule has 15 heteroatoms. The number of benzene rings is 2. The smallest absolute Gasteiger partial charge is 0.227 e. The van der Waals surface area contributed by atoms with Gasteiger partial charge in [0.1, 0.15) is 6.29 Å². The van der Waals surface area contributed by atoms with Crippen molar-refractivity contribution in [2.45, 2.75) is 113 Å². The molecule has 63 heavy (non-hydrogen) atoms. The number of nitrogens with one attached hydrogen (secondary N) is 1. The van der Waals surface area contributed by atoms with E-state index in [9.17, 15) is 14.4 Å². The number of likely N-dealkylation sites (tertiary alicyclic amines) is 2. The molecular weight excluding hydrogens is 882 g/mol. The number of fused-ring (bicyclic) bond motifs is 2. The van der Waals surface area contributed by atoms with Gasteiger partial charge in [0.2, 0.25) is 11.8 Å². The van der Waals surface area contributed by atoms with E-state index in [0.717, 1.165) is 108 Å². The van der Waals surface area contributed by atoms with Crippen LogP contribution in [0.3, 0.4) is 0 Å². The number of rotatable bonds is 9. The molecule has 0 aromatic heterocycles. The number of hydrogen-bond acceptors (Lipinski definition) is 9. The van der Waals surface area contributed by atoms with Crippen LogP contribution in [0.1, 0.15) is 75.3 Å². The zero-order chi connectivity index (χ0) is 43.9. The first-order chi connectivity index (χ1) is 30.7. The third kappa shape index (κ3) is 11.7. The molecule has 8 fully saturated rings. The number of halogens is 4. The van der Waals surface area contributed by atoms with Gasteiger partial charge in [0.15, 0.2) is 0 Å². The lowest BCUT2D eigenvalue weighted by Gasteiger charge is -2.55. The van der Waals surface area contributed by atoms with Crippen molar-refractivity contribution in [2.75, 3.05) is 85.3 Å². The Balaban J connectivity index is 0.000000154. The normalized spacial score (nSPS) is 29.3. The zero-order valence-corrected chi connectivity index (χ0v) is 39.7. The molecule has 2 unspecified atom stereocenters. The third-order valence-corrected chi connectivity index (χ3v) is 16.4. The summed E-state index contributed by atoms with van der Waals surface area (Å²) >= 11 is 24.4. The molecule has 0 spiro atoms. The van der Waals surface area contributed by atoms with Gasteiger partial charge in [0.25, 0.3) is 0 Å². The highest BCUT2D eigenvalue weighted by atomic mass is 35.5. The van der Waals surface area contributed by atoms with Crippen LogP contribution < -0.4 is 5.32 Å². The molecule has 0 bridgehead atoms. The van der Waals surface area contributed by atoms with E-state index in [4.69, 9.17) is 55.9 Å². The fraction of sp³-hybridized carbons (Fsp3) is 0.688. The van der Waals surface area contributed by atoms with Gasteiger partial charge in [-0.3, -0.25) is 24.3 Å². The first-order valence-electron chi connectivity index (χ1n) is 23.7. The van der Waals surface area contributed by atoms with Crippen LogP contribution in [0.2, 0.25) is 20.1 Å². The number of amides is 2. The molecule has 2 aromatic rings. The lowest BCUT2D eigenvalue weighted by Crippen LogP contribution is -2.72. The quantitative estimate of drug-likeness (QED) is 0.270. The minimum Gasteiger partial charge on any atom is -0.378 e. The molecule has 2 aromatic carbocycles. The Bertz CT molecular complexity index is 1860. The molecule has 2 amide bonds. The van der Waals surface area contributed by atoms with Crippen LogP contribution in [0.15, 0.2) is 36.4 Å². The Hall–Kier alpha value is -2.03. The van der Waals surface area contributed by atoms with E-state index in [2.05, 4.69) is 29.8 Å². The highest BCUT2D eigenvalue weighted by Crippen LogP contribution is 2.35. The second kappa shape index (κ2) is 22.6. The van der Waals surface area contributed by atoms with Crippen LogP contribution in [0.25, 0.3) is 0 Å². The SMILES string of the molecule is O=C(Cc1ccc(Cl)c(Cl)c1)N1CCN(CC2CCC2)[C@@H]2COCC(N3CCCC3)[C@H]21.O=C(Cc1ccc(Cl)c(Cl)c1)N1CCN[C@@H]2COCC(N3CCCC3)[C@H]21.O=CC1CCC1. The van der Waals surface area contributed by atoms with E-state index in [-0.39, 0.29) is 36.0 Å². The average molecular weight is 949 g/mol. The monoisotopic (exact) mass is 946 g/mol. The van der Waals surface area contributed by atoms with Gasteiger partial charge in [0.05, 0.1) is 95.6 Å². The summed E-state index contributed by atoms with van der Waals surface area (Å²) in [6, 6.07) is 12.4. The summed E-state index contributed by atoms with van der Waals surface area (Å²) < 4.78 is 12.0. The summed E-state index contributed by atoms with van der Waals surface area (Å²) in [5.74, 6) is 1.62. The second-order valence-electron chi connectivity index (χ2n) is 18.9. The first-order valence-corrected chi connectivity index (χ1v) is 25.2. The Morgan fingerprint density at radius 3 is 1.62 bits per heavy atom. The lowest BCUT2D eigenvalue weighted by molar-refractivity contribution is -0.153. The summed E-state index contributed by atoms with van der Waals surface area (Å²) in [5.41, 5.74) is 1.84. The maximum atomic E-state index is 13.5. The number of piperazine rings is 2. The molecule has 6 saturated heterocycles. The maximum absolute atomic E-state index is 13.5. The number of nitrogens with zero attached hydrogens (tertiary/aromatic N) is 5. The van der Waals surface area contributed by atoms with Crippen LogP contribution in [-0.4, -0.2) is 164 Å². The van der Waals surface area contributed by atoms with Crippen molar-refractivity contribution in [3.63, 3.8) is 0 Å². The molecular formula is C48H66Cl4N6O5. The molecule has 6 aliphatic heterocycles. The minimum atomic E-state index is 0.158. The fourth-order valence-electron chi connectivity index (χ4n) is 11.0. The van der Waals surface area contributed by atoms with E-state index < -0.39 is 0 Å². The van der Waals surface area contributed by atoms with Crippen LogP contribution in [-0.2, 0) is 36.7 Å². The average Bonchev–Trinajstić information content (AvgIpc) is 4.01. The van der Waals surface area contributed by atoms with Crippen LogP contribution in [0.5, 0.6) is 0 Å². The van der Waals surface area contributed by atoms with Crippen molar-refractivity contribution in [2.24, 2.45) is 11.8 Å². The van der Waals surface area contributed by atoms with Gasteiger partial charge >= 0.3 is 0 Å². The maximum Gasteiger partial charge on any atom is 0.227 e. The van der Waals surface area contributed by atoms with Crippen molar-refractivity contribution >= 4 is 64.5 Å². The lowest BCUT2D eigenvalue weighted by atomic mass is 9.83. The van der Waals surface area contributed by atoms with Crippen molar-refractivity contribution in [3.05, 3.63) is 67.6 Å². The predicted octanol–water partition coefficient (Wildman–Crippen LogP) is 6.90. The highest BCUT2D eigenvalue weighted by Gasteiger charge is 2.49. The fourth-order valence-corrected chi connectivity index (χ4v) is 11.6. The van der Waals surface area contributed by atoms with Gasteiger partial charge in [-0.2, -0.15) is 0 Å². The summed E-state index contributed by atoms with van der Waals surface area (Å²) in [5, 5.41) is 5.61. The Morgan fingerprint density at radius 1 is 0.603 bits per heavy atom. The van der Waals surface area contributed by atoms with Gasteiger partial charge in [0, 0.05) is 38.6 Å². The van der Waals surface area contributed by atoms with Gasteiger partial charge in [-0.05, 0) is 119 Å². The van der Waals surface area contributed by atoms with E-state index in [1.54, 1.807) is 18.2 Å². The van der Waals surface area contributed by atoms with E-state index in [1.165, 1.54) is 51.4 Å². The van der Waals surface area contributed by atoms with Gasteiger partial charge in [-0.25, -0.2) is 0 Å². The Morgan fingerprint density at radius 2 is 1.13 bits per heavy atom. The van der Waals surface area contributed by atoms with Crippen molar-refractivity contribution in [1.82, 2.24) is 29.8 Å². The second-order valence-corrected chi connectivity index (χ2v) is 20.6. The minimum absolute atomic E-state index is 0.158. The third-order valence-electron chi connectivity index (χ3n) is 14.9. The number of hydrogen-bond donors (Lipinski definition) is 1. The highest BCUT2D eigenvalue weighted by molar-refractivity contribution is 6.42. The van der Waals surface area contributed by atoms with Gasteiger partial charge in [-0.15, -0.1) is 0 Å². The standard InChI is InChI=1S/C24H33Cl2N3O2.C19H25Cl2N3O2.C5H8O/c25-19-7-6-18(12-20(19)26)13-23(30)29-11-10-28(14-17-4-3-5-17)22-16-31-15-21(24(22)29)27-8-1-2-9-27;20-14-4-3-13(9-15(14)21)10-18(25)24-8-5-22-16-11-26-12-17(19(16)24)23-6-1-2-7-23;6-4-5-2-1-3-5/h6-7,12,17,21-22,24H,1-5,8-11,13-16H2;3-4,9,16-17,19,22H,1-2,5-8,10-12H2;4-5H,1-3H2/t21?,22-,24-;16-,17?,19+;/m11./s1. The van der Waals surface area contributed by atoms with Crippen LogP contribution in [0.4, 0.5) is 0 Å². The topological polar surface area (TPSA) is 97.9 Å². The number of carbonyl (C=O) groups excluding carboxylic acids is 3. The zero-order valence-electron chi connectivity index (χ0n) is 36.6. The molecule has 8 aliphatic rings. The Labute approximate surface area is 394 Å². The molecule has 346 valence electrons. The van der Waals surface area contributed by atoms with Crippen molar-refractivity contribution in [3.8, 4) is 0 Å². The van der Waals surface area contributed by atoms with E-state index in [1.807, 2.05) is 18.2 Å². The summed E-state index contributed by atoms with van der Waals surface area (Å²) in [6.45, 7) is 11.8. The molecule has 10 rings (SSSR count). The van der Waals surface area contributed by atoms with Gasteiger partial charge in [-0.1, -0.05) is 71.4 Å². The number of aldehydes is 1. The van der Waals surface area contributed by atoms with Crippen LogP contribution >= 0.6 is 46.4 Å². The van der Waals surface area contributed by atoms with Crippen LogP contribution in [0, 0.1) is 11.8 Å². The molecule has 1 N–H and O–H groups in total. The number of ether oxygens (including phenoxy) is 2. The molecule has 2 aliphatic carbocycles. The predicted molar refractivity (Wildman–Crippen MR) is 250 cm³/mol. The first kappa shape index (κ1) is 47.5. The summed E-state index contributed by atoms with van der Waals surface area (Å²) in [4.78, 5) is 48.4. The van der Waals surface area contributed by atoms with E-state index >= 15 is 0 Å². The molecule has 6 heterocycles. The molecule has 2 saturated carbocycles. The van der Waals surface area contributed by atoms with Crippen molar-refractivity contribution in [1.29, 1.82) is 0 Å².